The van der Waals surface area contributed by atoms with Gasteiger partial charge in [-0.3, -0.25) is 15.1 Å². The molecule has 2 rings (SSSR count). The van der Waals surface area contributed by atoms with Crippen LogP contribution in [0.4, 0.5) is 11.4 Å². The number of pyridine rings is 1. The minimum absolute atomic E-state index is 0.0132. The molecule has 21 heavy (non-hydrogen) atoms. The number of aromatic nitrogens is 1. The van der Waals surface area contributed by atoms with Gasteiger partial charge in [0.05, 0.1) is 22.9 Å². The summed E-state index contributed by atoms with van der Waals surface area (Å²) in [7, 11) is 1.88. The van der Waals surface area contributed by atoms with Crippen LogP contribution in [-0.2, 0) is 0 Å². The summed E-state index contributed by atoms with van der Waals surface area (Å²) in [4.78, 5) is 16.9. The third-order valence-electron chi connectivity index (χ3n) is 3.54. The van der Waals surface area contributed by atoms with E-state index < -0.39 is 4.92 Å². The highest BCUT2D eigenvalue weighted by molar-refractivity contribution is 5.93. The predicted octanol–water partition coefficient (Wildman–Crippen LogP) is 3.19. The van der Waals surface area contributed by atoms with Crippen molar-refractivity contribution in [3.63, 3.8) is 0 Å². The highest BCUT2D eigenvalue weighted by Crippen LogP contribution is 2.30. The molecule has 0 saturated heterocycles. The summed E-state index contributed by atoms with van der Waals surface area (Å²) in [6, 6.07) is 8.70. The van der Waals surface area contributed by atoms with Crippen LogP contribution in [-0.4, -0.2) is 23.0 Å². The Kier molecular flexibility index (Phi) is 4.03. The average Bonchev–Trinajstić information content (AvgIpc) is 2.45. The standard InChI is InChI=1S/C15H16N4O2/c1-10-8-15(18(3)11(2)6-7-16)13-9-12(19(20)21)4-5-14(13)17-10/h4-5,8-9,11H,6H2,1-3H3. The van der Waals surface area contributed by atoms with E-state index in [0.29, 0.717) is 11.9 Å². The zero-order valence-electron chi connectivity index (χ0n) is 12.2. The average molecular weight is 284 g/mol. The minimum atomic E-state index is -0.415. The number of rotatable bonds is 4. The maximum absolute atomic E-state index is 11.0. The minimum Gasteiger partial charge on any atom is -0.370 e. The number of benzene rings is 1. The molecular formula is C15H16N4O2. The second kappa shape index (κ2) is 5.75. The Balaban J connectivity index is 2.63. The highest BCUT2D eigenvalue weighted by atomic mass is 16.6. The van der Waals surface area contributed by atoms with Crippen LogP contribution >= 0.6 is 0 Å². The summed E-state index contributed by atoms with van der Waals surface area (Å²) >= 11 is 0. The lowest BCUT2D eigenvalue weighted by Gasteiger charge is -2.26. The number of nitro groups is 1. The Bertz CT molecular complexity index is 736. The lowest BCUT2D eigenvalue weighted by Crippen LogP contribution is -2.28. The van der Waals surface area contributed by atoms with Gasteiger partial charge in [0.2, 0.25) is 0 Å². The summed E-state index contributed by atoms with van der Waals surface area (Å²) < 4.78 is 0. The molecular weight excluding hydrogens is 268 g/mol. The van der Waals surface area contributed by atoms with Gasteiger partial charge in [-0.05, 0) is 26.0 Å². The molecule has 0 saturated carbocycles. The monoisotopic (exact) mass is 284 g/mol. The van der Waals surface area contributed by atoms with E-state index >= 15 is 0 Å². The Morgan fingerprint density at radius 3 is 2.81 bits per heavy atom. The SMILES string of the molecule is Cc1cc(N(C)C(C)CC#N)c2cc([N+](=O)[O-])ccc2n1. The first-order valence-electron chi connectivity index (χ1n) is 6.59. The van der Waals surface area contributed by atoms with Gasteiger partial charge in [-0.2, -0.15) is 5.26 Å². The lowest BCUT2D eigenvalue weighted by atomic mass is 10.1. The van der Waals surface area contributed by atoms with Crippen LogP contribution in [0.5, 0.6) is 0 Å². The molecule has 0 bridgehead atoms. The van der Waals surface area contributed by atoms with Crippen LogP contribution in [0.25, 0.3) is 10.9 Å². The first-order valence-corrected chi connectivity index (χ1v) is 6.59. The molecule has 0 amide bonds. The van der Waals surface area contributed by atoms with Gasteiger partial charge in [0.25, 0.3) is 5.69 Å². The fourth-order valence-corrected chi connectivity index (χ4v) is 2.24. The number of anilines is 1. The molecule has 1 aromatic heterocycles. The van der Waals surface area contributed by atoms with Crippen molar-refractivity contribution in [3.05, 3.63) is 40.1 Å². The summed E-state index contributed by atoms with van der Waals surface area (Å²) in [5, 5.41) is 20.5. The molecule has 0 radical (unpaired) electrons. The van der Waals surface area contributed by atoms with Crippen molar-refractivity contribution < 1.29 is 4.92 Å². The fraction of sp³-hybridized carbons (Fsp3) is 0.333. The maximum atomic E-state index is 11.0. The van der Waals surface area contributed by atoms with Gasteiger partial charge in [0.15, 0.2) is 0 Å². The van der Waals surface area contributed by atoms with Crippen LogP contribution in [0.15, 0.2) is 24.3 Å². The molecule has 0 aliphatic rings. The number of hydrogen-bond donors (Lipinski definition) is 0. The largest absolute Gasteiger partial charge is 0.370 e. The topological polar surface area (TPSA) is 83.1 Å². The number of nitriles is 1. The molecule has 1 aromatic carbocycles. The van der Waals surface area contributed by atoms with E-state index in [1.54, 1.807) is 6.07 Å². The van der Waals surface area contributed by atoms with E-state index in [-0.39, 0.29) is 11.7 Å². The maximum Gasteiger partial charge on any atom is 0.270 e. The van der Waals surface area contributed by atoms with Gasteiger partial charge in [-0.1, -0.05) is 0 Å². The van der Waals surface area contributed by atoms with Crippen LogP contribution in [0.1, 0.15) is 19.0 Å². The van der Waals surface area contributed by atoms with E-state index in [2.05, 4.69) is 11.1 Å². The second-order valence-electron chi connectivity index (χ2n) is 5.06. The van der Waals surface area contributed by atoms with Crippen LogP contribution in [0.3, 0.4) is 0 Å². The van der Waals surface area contributed by atoms with Gasteiger partial charge in [0, 0.05) is 42.0 Å². The number of nitrogens with zero attached hydrogens (tertiary/aromatic N) is 4. The van der Waals surface area contributed by atoms with Gasteiger partial charge < -0.3 is 4.90 Å². The summed E-state index contributed by atoms with van der Waals surface area (Å²) in [5.74, 6) is 0. The highest BCUT2D eigenvalue weighted by Gasteiger charge is 2.16. The fourth-order valence-electron chi connectivity index (χ4n) is 2.24. The van der Waals surface area contributed by atoms with Crippen molar-refractivity contribution in [2.45, 2.75) is 26.3 Å². The molecule has 0 aliphatic heterocycles. The molecule has 6 nitrogen and oxygen atoms in total. The molecule has 6 heteroatoms. The van der Waals surface area contributed by atoms with Crippen molar-refractivity contribution in [2.75, 3.05) is 11.9 Å². The Labute approximate surface area is 122 Å². The number of aryl methyl sites for hydroxylation is 1. The quantitative estimate of drug-likeness (QED) is 0.636. The first-order chi connectivity index (χ1) is 9.93. The van der Waals surface area contributed by atoms with Crippen LogP contribution < -0.4 is 4.90 Å². The Morgan fingerprint density at radius 2 is 2.19 bits per heavy atom. The Hall–Kier alpha value is -2.68. The lowest BCUT2D eigenvalue weighted by molar-refractivity contribution is -0.384. The van der Waals surface area contributed by atoms with E-state index in [0.717, 1.165) is 16.8 Å². The number of non-ortho nitro benzene ring substituents is 1. The number of hydrogen-bond acceptors (Lipinski definition) is 5. The second-order valence-corrected chi connectivity index (χ2v) is 5.06. The molecule has 2 aromatic rings. The van der Waals surface area contributed by atoms with Crippen LogP contribution in [0.2, 0.25) is 0 Å². The zero-order chi connectivity index (χ0) is 15.6. The van der Waals surface area contributed by atoms with Gasteiger partial charge in [0.1, 0.15) is 0 Å². The molecule has 0 fully saturated rings. The predicted molar refractivity (Wildman–Crippen MR) is 81.2 cm³/mol. The smallest absolute Gasteiger partial charge is 0.270 e. The first kappa shape index (κ1) is 14.7. The molecule has 1 atom stereocenters. The van der Waals surface area contributed by atoms with Crippen LogP contribution in [0, 0.1) is 28.4 Å². The van der Waals surface area contributed by atoms with E-state index in [4.69, 9.17) is 5.26 Å². The number of fused-ring (bicyclic) bond motifs is 1. The molecule has 108 valence electrons. The van der Waals surface area contributed by atoms with Gasteiger partial charge in [-0.15, -0.1) is 0 Å². The Morgan fingerprint density at radius 1 is 1.48 bits per heavy atom. The third-order valence-corrected chi connectivity index (χ3v) is 3.54. The van der Waals surface area contributed by atoms with Crippen molar-refractivity contribution in [2.24, 2.45) is 0 Å². The molecule has 0 spiro atoms. The van der Waals surface area contributed by atoms with Crippen molar-refractivity contribution in [1.29, 1.82) is 5.26 Å². The molecule has 1 unspecified atom stereocenters. The van der Waals surface area contributed by atoms with Crippen molar-refractivity contribution >= 4 is 22.3 Å². The number of nitro benzene ring substituents is 1. The molecule has 0 aliphatic carbocycles. The molecule has 0 N–H and O–H groups in total. The van der Waals surface area contributed by atoms with Gasteiger partial charge >= 0.3 is 0 Å². The van der Waals surface area contributed by atoms with E-state index in [1.807, 2.05) is 31.9 Å². The van der Waals surface area contributed by atoms with Crippen molar-refractivity contribution in [1.82, 2.24) is 4.98 Å². The third kappa shape index (κ3) is 2.92. The summed E-state index contributed by atoms with van der Waals surface area (Å²) in [6.07, 6.45) is 0.383. The summed E-state index contributed by atoms with van der Waals surface area (Å²) in [5.41, 5.74) is 2.44. The van der Waals surface area contributed by atoms with Crippen molar-refractivity contribution in [3.8, 4) is 6.07 Å². The van der Waals surface area contributed by atoms with Gasteiger partial charge in [-0.25, -0.2) is 0 Å². The zero-order valence-corrected chi connectivity index (χ0v) is 12.2. The van der Waals surface area contributed by atoms with E-state index in [1.165, 1.54) is 12.1 Å². The normalized spacial score (nSPS) is 11.9. The molecule has 1 heterocycles. The summed E-state index contributed by atoms with van der Waals surface area (Å²) in [6.45, 7) is 3.83. The van der Waals surface area contributed by atoms with E-state index in [9.17, 15) is 10.1 Å².